The zero-order valence-corrected chi connectivity index (χ0v) is 9.83. The van der Waals surface area contributed by atoms with Gasteiger partial charge in [0.25, 0.3) is 0 Å². The third-order valence-electron chi connectivity index (χ3n) is 3.64. The van der Waals surface area contributed by atoms with Gasteiger partial charge in [0.05, 0.1) is 11.7 Å². The molecular weight excluding hydrogens is 222 g/mol. The lowest BCUT2D eigenvalue weighted by atomic mass is 9.89. The Kier molecular flexibility index (Phi) is 4.11. The fraction of sp³-hybridized carbons (Fsp3) is 0.571. The first-order chi connectivity index (χ1) is 8.20. The predicted molar refractivity (Wildman–Crippen MR) is 62.5 cm³/mol. The molecular formula is C14H18F2O. The molecule has 1 fully saturated rings. The number of hydrogen-bond acceptors (Lipinski definition) is 1. The van der Waals surface area contributed by atoms with Gasteiger partial charge in [-0.2, -0.15) is 0 Å². The van der Waals surface area contributed by atoms with Crippen molar-refractivity contribution in [2.24, 2.45) is 5.92 Å². The molecule has 1 N–H and O–H groups in total. The molecule has 1 nitrogen and oxygen atoms in total. The summed E-state index contributed by atoms with van der Waals surface area (Å²) in [5.41, 5.74) is -0.153. The van der Waals surface area contributed by atoms with Gasteiger partial charge in [0, 0.05) is 0 Å². The summed E-state index contributed by atoms with van der Waals surface area (Å²) < 4.78 is 27.1. The lowest BCUT2D eigenvalue weighted by molar-refractivity contribution is 0.0914. The van der Waals surface area contributed by atoms with Crippen LogP contribution in [0.25, 0.3) is 0 Å². The molecule has 0 saturated heterocycles. The van der Waals surface area contributed by atoms with E-state index in [0.29, 0.717) is 0 Å². The van der Waals surface area contributed by atoms with Crippen LogP contribution >= 0.6 is 0 Å². The van der Waals surface area contributed by atoms with E-state index < -0.39 is 17.7 Å². The molecule has 2 rings (SSSR count). The van der Waals surface area contributed by atoms with Crippen molar-refractivity contribution in [1.29, 1.82) is 0 Å². The van der Waals surface area contributed by atoms with Crippen LogP contribution in [0, 0.1) is 17.6 Å². The minimum atomic E-state index is -1.01. The highest BCUT2D eigenvalue weighted by atomic mass is 19.1. The van der Waals surface area contributed by atoms with E-state index in [4.69, 9.17) is 0 Å². The standard InChI is InChI=1S/C14H18F2O/c15-11-8-5-9-12(16)13(11)14(17)10-6-3-1-2-4-7-10/h5,8-10,14,17H,1-4,6-7H2/t14-/m1/s1. The Hall–Kier alpha value is -0.960. The zero-order chi connectivity index (χ0) is 12.3. The van der Waals surface area contributed by atoms with Gasteiger partial charge in [-0.15, -0.1) is 0 Å². The second-order valence-corrected chi connectivity index (χ2v) is 4.83. The average molecular weight is 240 g/mol. The third-order valence-corrected chi connectivity index (χ3v) is 3.64. The maximum Gasteiger partial charge on any atom is 0.131 e. The lowest BCUT2D eigenvalue weighted by Gasteiger charge is -2.22. The number of aliphatic hydroxyl groups is 1. The second kappa shape index (κ2) is 5.58. The molecule has 0 bridgehead atoms. The molecule has 3 heteroatoms. The van der Waals surface area contributed by atoms with Gasteiger partial charge >= 0.3 is 0 Å². The maximum atomic E-state index is 13.6. The molecule has 0 radical (unpaired) electrons. The van der Waals surface area contributed by atoms with E-state index in [1.807, 2.05) is 0 Å². The van der Waals surface area contributed by atoms with Crippen molar-refractivity contribution >= 4 is 0 Å². The van der Waals surface area contributed by atoms with Crippen molar-refractivity contribution in [3.8, 4) is 0 Å². The monoisotopic (exact) mass is 240 g/mol. The summed E-state index contributed by atoms with van der Waals surface area (Å²) in [6.45, 7) is 0. The smallest absolute Gasteiger partial charge is 0.131 e. The maximum absolute atomic E-state index is 13.6. The van der Waals surface area contributed by atoms with Gasteiger partial charge in [-0.05, 0) is 30.9 Å². The summed E-state index contributed by atoms with van der Waals surface area (Å²) in [4.78, 5) is 0. The largest absolute Gasteiger partial charge is 0.388 e. The van der Waals surface area contributed by atoms with Gasteiger partial charge < -0.3 is 5.11 Å². The van der Waals surface area contributed by atoms with E-state index >= 15 is 0 Å². The topological polar surface area (TPSA) is 20.2 Å². The molecule has 0 aromatic heterocycles. The van der Waals surface area contributed by atoms with Crippen molar-refractivity contribution in [2.75, 3.05) is 0 Å². The Morgan fingerprint density at radius 3 is 2.06 bits per heavy atom. The van der Waals surface area contributed by atoms with Crippen molar-refractivity contribution in [3.05, 3.63) is 35.4 Å². The fourth-order valence-electron chi connectivity index (χ4n) is 2.66. The summed E-state index contributed by atoms with van der Waals surface area (Å²) >= 11 is 0. The molecule has 1 aromatic carbocycles. The van der Waals surface area contributed by atoms with Crippen molar-refractivity contribution in [1.82, 2.24) is 0 Å². The number of aliphatic hydroxyl groups excluding tert-OH is 1. The highest BCUT2D eigenvalue weighted by molar-refractivity contribution is 5.22. The Bertz CT molecular complexity index is 350. The summed E-state index contributed by atoms with van der Waals surface area (Å²) in [6, 6.07) is 3.74. The SMILES string of the molecule is O[C@@H](c1c(F)cccc1F)C1CCCCCC1. The van der Waals surface area contributed by atoms with Gasteiger partial charge in [0.1, 0.15) is 11.6 Å². The minimum absolute atomic E-state index is 0.0103. The number of hydrogen-bond donors (Lipinski definition) is 1. The van der Waals surface area contributed by atoms with Crippen LogP contribution in [-0.4, -0.2) is 5.11 Å². The van der Waals surface area contributed by atoms with Gasteiger partial charge in [0.15, 0.2) is 0 Å². The van der Waals surface area contributed by atoms with E-state index in [1.165, 1.54) is 18.2 Å². The first-order valence-corrected chi connectivity index (χ1v) is 6.32. The van der Waals surface area contributed by atoms with Crippen LogP contribution in [0.1, 0.15) is 50.2 Å². The Labute approximate surface area is 100 Å². The van der Waals surface area contributed by atoms with Crippen molar-refractivity contribution in [2.45, 2.75) is 44.6 Å². The molecule has 94 valence electrons. The number of rotatable bonds is 2. The van der Waals surface area contributed by atoms with Crippen LogP contribution in [0.3, 0.4) is 0 Å². The van der Waals surface area contributed by atoms with Crippen LogP contribution in [0.4, 0.5) is 8.78 Å². The first kappa shape index (κ1) is 12.5. The summed E-state index contributed by atoms with van der Waals surface area (Å²) in [6.07, 6.45) is 5.10. The van der Waals surface area contributed by atoms with Crippen LogP contribution in [0.15, 0.2) is 18.2 Å². The molecule has 0 aliphatic heterocycles. The predicted octanol–water partition coefficient (Wildman–Crippen LogP) is 3.97. The molecule has 17 heavy (non-hydrogen) atoms. The molecule has 0 unspecified atom stereocenters. The van der Waals surface area contributed by atoms with Crippen molar-refractivity contribution in [3.63, 3.8) is 0 Å². The first-order valence-electron chi connectivity index (χ1n) is 6.32. The molecule has 1 aliphatic carbocycles. The zero-order valence-electron chi connectivity index (χ0n) is 9.83. The molecule has 1 atom stereocenters. The van der Waals surface area contributed by atoms with Gasteiger partial charge in [-0.3, -0.25) is 0 Å². The van der Waals surface area contributed by atoms with Gasteiger partial charge in [0.2, 0.25) is 0 Å². The Morgan fingerprint density at radius 1 is 1.00 bits per heavy atom. The summed E-state index contributed by atoms with van der Waals surface area (Å²) in [5, 5.41) is 10.2. The molecule has 1 aromatic rings. The highest BCUT2D eigenvalue weighted by Crippen LogP contribution is 2.35. The average Bonchev–Trinajstić information content (AvgIpc) is 2.57. The normalized spacial score (nSPS) is 19.9. The van der Waals surface area contributed by atoms with Gasteiger partial charge in [-0.25, -0.2) is 8.78 Å². The van der Waals surface area contributed by atoms with E-state index in [1.54, 1.807) is 0 Å². The van der Waals surface area contributed by atoms with E-state index in [9.17, 15) is 13.9 Å². The lowest BCUT2D eigenvalue weighted by Crippen LogP contribution is -2.15. The second-order valence-electron chi connectivity index (χ2n) is 4.83. The highest BCUT2D eigenvalue weighted by Gasteiger charge is 2.26. The Morgan fingerprint density at radius 2 is 1.53 bits per heavy atom. The molecule has 0 spiro atoms. The molecule has 0 heterocycles. The van der Waals surface area contributed by atoms with Crippen molar-refractivity contribution < 1.29 is 13.9 Å². The summed E-state index contributed by atoms with van der Waals surface area (Å²) in [5.74, 6) is -1.28. The molecule has 0 amide bonds. The summed E-state index contributed by atoms with van der Waals surface area (Å²) in [7, 11) is 0. The van der Waals surface area contributed by atoms with E-state index in [2.05, 4.69) is 0 Å². The number of halogens is 2. The van der Waals surface area contributed by atoms with Crippen LogP contribution < -0.4 is 0 Å². The number of benzene rings is 1. The van der Waals surface area contributed by atoms with Crippen LogP contribution in [0.2, 0.25) is 0 Å². The molecule has 1 saturated carbocycles. The fourth-order valence-corrected chi connectivity index (χ4v) is 2.66. The van der Waals surface area contributed by atoms with Crippen LogP contribution in [-0.2, 0) is 0 Å². The van der Waals surface area contributed by atoms with E-state index in [0.717, 1.165) is 38.5 Å². The molecule has 1 aliphatic rings. The minimum Gasteiger partial charge on any atom is -0.388 e. The Balaban J connectivity index is 2.20. The van der Waals surface area contributed by atoms with E-state index in [-0.39, 0.29) is 11.5 Å². The quantitative estimate of drug-likeness (QED) is 0.775. The van der Waals surface area contributed by atoms with Gasteiger partial charge in [-0.1, -0.05) is 31.7 Å². The van der Waals surface area contributed by atoms with Crippen LogP contribution in [0.5, 0.6) is 0 Å². The third kappa shape index (κ3) is 2.83.